The highest BCUT2D eigenvalue weighted by Crippen LogP contribution is 2.28. The number of benzene rings is 1. The second-order valence-electron chi connectivity index (χ2n) is 5.23. The van der Waals surface area contributed by atoms with Gasteiger partial charge in [-0.15, -0.1) is 0 Å². The van der Waals surface area contributed by atoms with Crippen LogP contribution in [0.3, 0.4) is 0 Å². The minimum absolute atomic E-state index is 0.673. The first kappa shape index (κ1) is 13.2. The zero-order valence-corrected chi connectivity index (χ0v) is 12.3. The molecule has 3 aromatic rings. The maximum absolute atomic E-state index is 7.26. The number of rotatable bonds is 2. The second-order valence-corrected chi connectivity index (χ2v) is 5.23. The van der Waals surface area contributed by atoms with Crippen molar-refractivity contribution in [3.63, 3.8) is 0 Å². The van der Waals surface area contributed by atoms with Gasteiger partial charge in [-0.25, -0.2) is 9.83 Å². The Morgan fingerprint density at radius 1 is 1.14 bits per heavy atom. The molecule has 0 fully saturated rings. The highest BCUT2D eigenvalue weighted by molar-refractivity contribution is 5.67. The molecule has 0 bridgehead atoms. The highest BCUT2D eigenvalue weighted by atomic mass is 15.1. The van der Waals surface area contributed by atoms with E-state index in [0.29, 0.717) is 5.69 Å². The fourth-order valence-corrected chi connectivity index (χ4v) is 2.54. The Balaban J connectivity index is 2.16. The number of imidazole rings is 1. The lowest BCUT2D eigenvalue weighted by molar-refractivity contribution is 0.918. The highest BCUT2D eigenvalue weighted by Gasteiger charge is 2.12. The smallest absolute Gasteiger partial charge is 0.190 e. The molecule has 2 heterocycles. The summed E-state index contributed by atoms with van der Waals surface area (Å²) in [6.07, 6.45) is 7.90. The van der Waals surface area contributed by atoms with Gasteiger partial charge in [-0.3, -0.25) is 4.57 Å². The molecule has 0 spiro atoms. The molecule has 0 N–H and O–H groups in total. The van der Waals surface area contributed by atoms with Gasteiger partial charge >= 0.3 is 0 Å². The summed E-state index contributed by atoms with van der Waals surface area (Å²) in [5.74, 6) is 0.856. The minimum Gasteiger partial charge on any atom is -0.355 e. The standard InChI is InChI=1S/C17H16N4/c1-12-5-6-14(9-15(12)18-3)17-19-7-8-21(17)16-11-20(4)10-13(16)2/h5-11H,1-2,4H3. The van der Waals surface area contributed by atoms with Crippen molar-refractivity contribution in [2.24, 2.45) is 7.05 Å². The Hall–Kier alpha value is -2.80. The summed E-state index contributed by atoms with van der Waals surface area (Å²) in [5.41, 5.74) is 4.92. The lowest BCUT2D eigenvalue weighted by Crippen LogP contribution is -1.96. The van der Waals surface area contributed by atoms with Crippen LogP contribution in [0.25, 0.3) is 21.9 Å². The van der Waals surface area contributed by atoms with Crippen molar-refractivity contribution in [1.29, 1.82) is 0 Å². The molecular formula is C17H16N4. The second kappa shape index (κ2) is 4.95. The van der Waals surface area contributed by atoms with E-state index < -0.39 is 0 Å². The van der Waals surface area contributed by atoms with Crippen molar-refractivity contribution in [1.82, 2.24) is 14.1 Å². The third-order valence-corrected chi connectivity index (χ3v) is 3.62. The Morgan fingerprint density at radius 3 is 2.62 bits per heavy atom. The van der Waals surface area contributed by atoms with Crippen LogP contribution in [0, 0.1) is 20.4 Å². The predicted octanol–water partition coefficient (Wildman–Crippen LogP) is 4.05. The fraction of sp³-hybridized carbons (Fsp3) is 0.176. The molecule has 0 amide bonds. The average molecular weight is 276 g/mol. The summed E-state index contributed by atoms with van der Waals surface area (Å²) in [7, 11) is 2.01. The molecule has 0 saturated heterocycles. The van der Waals surface area contributed by atoms with E-state index in [1.807, 2.05) is 42.9 Å². The SMILES string of the molecule is [C-]#[N+]c1cc(-c2nccn2-c2cn(C)cc2C)ccc1C. The molecule has 0 unspecified atom stereocenters. The van der Waals surface area contributed by atoms with E-state index in [0.717, 1.165) is 22.6 Å². The Kier molecular flexibility index (Phi) is 3.11. The topological polar surface area (TPSA) is 27.1 Å². The Bertz CT molecular complexity index is 846. The summed E-state index contributed by atoms with van der Waals surface area (Å²) in [6.45, 7) is 11.3. The van der Waals surface area contributed by atoms with Gasteiger partial charge < -0.3 is 4.57 Å². The summed E-state index contributed by atoms with van der Waals surface area (Å²) in [4.78, 5) is 8.04. The lowest BCUT2D eigenvalue weighted by Gasteiger charge is -2.08. The van der Waals surface area contributed by atoms with Crippen molar-refractivity contribution < 1.29 is 0 Å². The Labute approximate surface area is 124 Å². The number of aryl methyl sites for hydroxylation is 3. The van der Waals surface area contributed by atoms with Crippen molar-refractivity contribution in [2.75, 3.05) is 0 Å². The third kappa shape index (κ3) is 2.23. The average Bonchev–Trinajstić information content (AvgIpc) is 3.05. The van der Waals surface area contributed by atoms with Crippen LogP contribution in [-0.2, 0) is 7.05 Å². The van der Waals surface area contributed by atoms with Crippen LogP contribution in [0.5, 0.6) is 0 Å². The third-order valence-electron chi connectivity index (χ3n) is 3.62. The maximum atomic E-state index is 7.26. The van der Waals surface area contributed by atoms with Crippen LogP contribution in [-0.4, -0.2) is 14.1 Å². The number of aromatic nitrogens is 3. The fourth-order valence-electron chi connectivity index (χ4n) is 2.54. The van der Waals surface area contributed by atoms with Crippen LogP contribution in [0.1, 0.15) is 11.1 Å². The zero-order chi connectivity index (χ0) is 15.0. The Morgan fingerprint density at radius 2 is 1.95 bits per heavy atom. The molecule has 2 aromatic heterocycles. The maximum Gasteiger partial charge on any atom is 0.190 e. The number of hydrogen-bond donors (Lipinski definition) is 0. The zero-order valence-electron chi connectivity index (χ0n) is 12.3. The summed E-state index contributed by atoms with van der Waals surface area (Å²) < 4.78 is 4.10. The van der Waals surface area contributed by atoms with Gasteiger partial charge in [0.2, 0.25) is 0 Å². The first-order valence-electron chi connectivity index (χ1n) is 6.75. The first-order chi connectivity index (χ1) is 10.1. The van der Waals surface area contributed by atoms with E-state index in [9.17, 15) is 0 Å². The summed E-state index contributed by atoms with van der Waals surface area (Å²) in [5, 5.41) is 0. The number of nitrogens with zero attached hydrogens (tertiary/aromatic N) is 4. The summed E-state index contributed by atoms with van der Waals surface area (Å²) in [6, 6.07) is 5.89. The quantitative estimate of drug-likeness (QED) is 0.649. The molecule has 0 radical (unpaired) electrons. The molecule has 3 rings (SSSR count). The van der Waals surface area contributed by atoms with Crippen LogP contribution >= 0.6 is 0 Å². The van der Waals surface area contributed by atoms with Gasteiger partial charge in [-0.2, -0.15) is 0 Å². The molecule has 0 atom stereocenters. The lowest BCUT2D eigenvalue weighted by atomic mass is 10.1. The molecule has 104 valence electrons. The van der Waals surface area contributed by atoms with Crippen LogP contribution < -0.4 is 0 Å². The normalized spacial score (nSPS) is 10.6. The molecule has 4 nitrogen and oxygen atoms in total. The van der Waals surface area contributed by atoms with Crippen molar-refractivity contribution in [3.05, 3.63) is 65.5 Å². The molecule has 0 aliphatic rings. The summed E-state index contributed by atoms with van der Waals surface area (Å²) >= 11 is 0. The van der Waals surface area contributed by atoms with Crippen LogP contribution in [0.2, 0.25) is 0 Å². The van der Waals surface area contributed by atoms with E-state index >= 15 is 0 Å². The first-order valence-corrected chi connectivity index (χ1v) is 6.75. The van der Waals surface area contributed by atoms with E-state index in [2.05, 4.69) is 33.7 Å². The van der Waals surface area contributed by atoms with Crippen LogP contribution in [0.4, 0.5) is 5.69 Å². The van der Waals surface area contributed by atoms with E-state index in [4.69, 9.17) is 6.57 Å². The van der Waals surface area contributed by atoms with Gasteiger partial charge in [0.15, 0.2) is 5.69 Å². The van der Waals surface area contributed by atoms with Gasteiger partial charge in [-0.1, -0.05) is 12.1 Å². The molecule has 0 aliphatic heterocycles. The predicted molar refractivity (Wildman–Crippen MR) is 83.7 cm³/mol. The van der Waals surface area contributed by atoms with Crippen LogP contribution in [0.15, 0.2) is 43.0 Å². The van der Waals surface area contributed by atoms with Crippen molar-refractivity contribution in [3.8, 4) is 17.1 Å². The van der Waals surface area contributed by atoms with Gasteiger partial charge in [-0.05, 0) is 31.0 Å². The minimum atomic E-state index is 0.673. The molecule has 1 aromatic carbocycles. The van der Waals surface area contributed by atoms with Gasteiger partial charge in [0.1, 0.15) is 5.82 Å². The van der Waals surface area contributed by atoms with E-state index in [1.165, 1.54) is 5.56 Å². The van der Waals surface area contributed by atoms with Gasteiger partial charge in [0.25, 0.3) is 0 Å². The van der Waals surface area contributed by atoms with Gasteiger partial charge in [0.05, 0.1) is 12.3 Å². The molecule has 0 aliphatic carbocycles. The largest absolute Gasteiger partial charge is 0.355 e. The monoisotopic (exact) mass is 276 g/mol. The number of hydrogen-bond acceptors (Lipinski definition) is 1. The van der Waals surface area contributed by atoms with E-state index in [-0.39, 0.29) is 0 Å². The molecule has 21 heavy (non-hydrogen) atoms. The van der Waals surface area contributed by atoms with Gasteiger partial charge in [0, 0.05) is 37.4 Å². The van der Waals surface area contributed by atoms with E-state index in [1.54, 1.807) is 6.20 Å². The molecule has 0 saturated carbocycles. The molecule has 4 heteroatoms. The van der Waals surface area contributed by atoms with Crippen molar-refractivity contribution in [2.45, 2.75) is 13.8 Å². The molecular weight excluding hydrogens is 260 g/mol. The van der Waals surface area contributed by atoms with Crippen molar-refractivity contribution >= 4 is 5.69 Å².